The zero-order valence-corrected chi connectivity index (χ0v) is 16.0. The molecule has 3 atom stereocenters. The van der Waals surface area contributed by atoms with E-state index in [9.17, 15) is 5.11 Å². The molecule has 3 unspecified atom stereocenters. The van der Waals surface area contributed by atoms with E-state index >= 15 is 0 Å². The number of phenolic OH excluding ortho intramolecular Hbond substituents is 1. The van der Waals surface area contributed by atoms with Gasteiger partial charge in [-0.05, 0) is 78.4 Å². The molecule has 0 aliphatic heterocycles. The van der Waals surface area contributed by atoms with Crippen LogP contribution < -0.4 is 0 Å². The van der Waals surface area contributed by atoms with Gasteiger partial charge in [0, 0.05) is 5.33 Å². The SMILES string of the molecule is Cc1cc(CCCBr)cc(C2CC3CCC2(C)C3(C)C)c1O. The van der Waals surface area contributed by atoms with E-state index in [4.69, 9.17) is 0 Å². The summed E-state index contributed by atoms with van der Waals surface area (Å²) >= 11 is 3.53. The van der Waals surface area contributed by atoms with E-state index in [1.807, 2.05) is 0 Å². The van der Waals surface area contributed by atoms with Crippen molar-refractivity contribution in [2.75, 3.05) is 5.33 Å². The molecule has 0 aromatic heterocycles. The molecule has 2 fully saturated rings. The van der Waals surface area contributed by atoms with Crippen molar-refractivity contribution in [3.05, 3.63) is 28.8 Å². The lowest BCUT2D eigenvalue weighted by Crippen LogP contribution is -2.31. The minimum atomic E-state index is 0.329. The molecule has 0 amide bonds. The highest BCUT2D eigenvalue weighted by Gasteiger charge is 2.61. The van der Waals surface area contributed by atoms with E-state index in [1.165, 1.54) is 30.4 Å². The Kier molecular flexibility index (Phi) is 4.12. The van der Waals surface area contributed by atoms with Crippen LogP contribution in [0.25, 0.3) is 0 Å². The molecule has 3 rings (SSSR count). The lowest BCUT2D eigenvalue weighted by molar-refractivity contribution is 0.133. The van der Waals surface area contributed by atoms with Gasteiger partial charge in [0.2, 0.25) is 0 Å². The second kappa shape index (κ2) is 5.54. The third-order valence-electron chi connectivity index (χ3n) is 7.16. The Morgan fingerprint density at radius 3 is 2.55 bits per heavy atom. The van der Waals surface area contributed by atoms with E-state index in [2.05, 4.69) is 55.8 Å². The van der Waals surface area contributed by atoms with E-state index < -0.39 is 0 Å². The van der Waals surface area contributed by atoms with Crippen molar-refractivity contribution in [2.24, 2.45) is 16.7 Å². The maximum atomic E-state index is 10.7. The summed E-state index contributed by atoms with van der Waals surface area (Å²) in [7, 11) is 0. The number of aromatic hydroxyl groups is 1. The van der Waals surface area contributed by atoms with Crippen LogP contribution in [0.15, 0.2) is 12.1 Å². The summed E-state index contributed by atoms with van der Waals surface area (Å²) in [5.74, 6) is 1.88. The molecule has 2 saturated carbocycles. The van der Waals surface area contributed by atoms with Crippen LogP contribution >= 0.6 is 15.9 Å². The molecule has 2 bridgehead atoms. The van der Waals surface area contributed by atoms with Crippen LogP contribution in [-0.4, -0.2) is 10.4 Å². The average molecular weight is 365 g/mol. The second-order valence-corrected chi connectivity index (χ2v) is 9.10. The molecule has 22 heavy (non-hydrogen) atoms. The molecule has 2 heteroatoms. The molecule has 0 heterocycles. The Morgan fingerprint density at radius 2 is 2.00 bits per heavy atom. The van der Waals surface area contributed by atoms with Crippen LogP contribution in [0.4, 0.5) is 0 Å². The molecule has 1 N–H and O–H groups in total. The number of halogens is 1. The fourth-order valence-electron chi connectivity index (χ4n) is 5.24. The zero-order valence-electron chi connectivity index (χ0n) is 14.4. The Morgan fingerprint density at radius 1 is 1.27 bits per heavy atom. The molecule has 1 aromatic carbocycles. The first-order valence-corrected chi connectivity index (χ1v) is 9.81. The predicted molar refractivity (Wildman–Crippen MR) is 96.9 cm³/mol. The first kappa shape index (κ1) is 16.4. The van der Waals surface area contributed by atoms with Crippen molar-refractivity contribution >= 4 is 15.9 Å². The largest absolute Gasteiger partial charge is 0.507 e. The van der Waals surface area contributed by atoms with Gasteiger partial charge in [0.15, 0.2) is 0 Å². The molecule has 2 aliphatic rings. The van der Waals surface area contributed by atoms with Gasteiger partial charge in [0.05, 0.1) is 0 Å². The van der Waals surface area contributed by atoms with Crippen LogP contribution in [0.3, 0.4) is 0 Å². The molecule has 0 radical (unpaired) electrons. The summed E-state index contributed by atoms with van der Waals surface area (Å²) in [5, 5.41) is 11.8. The third-order valence-corrected chi connectivity index (χ3v) is 7.72. The summed E-state index contributed by atoms with van der Waals surface area (Å²) in [5.41, 5.74) is 4.38. The number of benzene rings is 1. The highest BCUT2D eigenvalue weighted by atomic mass is 79.9. The summed E-state index contributed by atoms with van der Waals surface area (Å²) in [4.78, 5) is 0. The van der Waals surface area contributed by atoms with Gasteiger partial charge >= 0.3 is 0 Å². The fraction of sp³-hybridized carbons (Fsp3) is 0.700. The lowest BCUT2D eigenvalue weighted by atomic mass is 9.64. The summed E-state index contributed by atoms with van der Waals surface area (Å²) in [6, 6.07) is 4.47. The number of hydrogen-bond donors (Lipinski definition) is 1. The fourth-order valence-corrected chi connectivity index (χ4v) is 5.52. The third kappa shape index (κ3) is 2.25. The van der Waals surface area contributed by atoms with Crippen LogP contribution in [0.1, 0.15) is 69.1 Å². The predicted octanol–water partition coefficient (Wildman–Crippen LogP) is 5.96. The van der Waals surface area contributed by atoms with Crippen LogP contribution in [0, 0.1) is 23.7 Å². The Hall–Kier alpha value is -0.500. The van der Waals surface area contributed by atoms with E-state index in [0.29, 0.717) is 22.5 Å². The van der Waals surface area contributed by atoms with Gasteiger partial charge in [-0.15, -0.1) is 0 Å². The molecule has 1 aromatic rings. The quantitative estimate of drug-likeness (QED) is 0.653. The Balaban J connectivity index is 2.00. The van der Waals surface area contributed by atoms with Gasteiger partial charge in [-0.2, -0.15) is 0 Å². The summed E-state index contributed by atoms with van der Waals surface area (Å²) in [6.45, 7) is 9.41. The van der Waals surface area contributed by atoms with Crippen molar-refractivity contribution in [1.82, 2.24) is 0 Å². The van der Waals surface area contributed by atoms with Crippen molar-refractivity contribution < 1.29 is 5.11 Å². The van der Waals surface area contributed by atoms with Gasteiger partial charge < -0.3 is 5.11 Å². The van der Waals surface area contributed by atoms with E-state index in [1.54, 1.807) is 0 Å². The maximum Gasteiger partial charge on any atom is 0.121 e. The average Bonchev–Trinajstić information content (AvgIpc) is 2.81. The molecule has 1 nitrogen and oxygen atoms in total. The first-order chi connectivity index (χ1) is 10.3. The summed E-state index contributed by atoms with van der Waals surface area (Å²) in [6.07, 6.45) is 6.16. The van der Waals surface area contributed by atoms with Crippen molar-refractivity contribution in [1.29, 1.82) is 0 Å². The number of aryl methyl sites for hydroxylation is 2. The van der Waals surface area contributed by atoms with E-state index in [0.717, 1.165) is 29.7 Å². The topological polar surface area (TPSA) is 20.2 Å². The molecule has 2 aliphatic carbocycles. The number of alkyl halides is 1. The van der Waals surface area contributed by atoms with Crippen molar-refractivity contribution in [3.63, 3.8) is 0 Å². The zero-order chi connectivity index (χ0) is 16.1. The minimum absolute atomic E-state index is 0.329. The highest BCUT2D eigenvalue weighted by Crippen LogP contribution is 2.71. The standard InChI is InChI=1S/C20H29BrO/c1-13-10-14(6-5-9-21)11-16(18(13)22)17-12-15-7-8-20(17,4)19(15,2)3/h10-11,15,17,22H,5-9,12H2,1-4H3. The van der Waals surface area contributed by atoms with Crippen LogP contribution in [0.5, 0.6) is 5.75 Å². The van der Waals surface area contributed by atoms with Crippen LogP contribution in [0.2, 0.25) is 0 Å². The molecule has 0 saturated heterocycles. The minimum Gasteiger partial charge on any atom is -0.507 e. The molecular formula is C20H29BrO. The van der Waals surface area contributed by atoms with Crippen molar-refractivity contribution in [3.8, 4) is 5.75 Å². The van der Waals surface area contributed by atoms with Gasteiger partial charge in [0.25, 0.3) is 0 Å². The molecule has 122 valence electrons. The van der Waals surface area contributed by atoms with Crippen LogP contribution in [-0.2, 0) is 6.42 Å². The van der Waals surface area contributed by atoms with Gasteiger partial charge in [0.1, 0.15) is 5.75 Å². The number of hydrogen-bond acceptors (Lipinski definition) is 1. The second-order valence-electron chi connectivity index (χ2n) is 8.31. The lowest BCUT2D eigenvalue weighted by Gasteiger charge is -2.40. The van der Waals surface area contributed by atoms with Gasteiger partial charge in [-0.3, -0.25) is 0 Å². The Labute approximate surface area is 143 Å². The highest BCUT2D eigenvalue weighted by molar-refractivity contribution is 9.09. The smallest absolute Gasteiger partial charge is 0.121 e. The van der Waals surface area contributed by atoms with Gasteiger partial charge in [-0.1, -0.05) is 48.8 Å². The van der Waals surface area contributed by atoms with E-state index in [-0.39, 0.29) is 0 Å². The maximum absolute atomic E-state index is 10.7. The normalized spacial score (nSPS) is 32.6. The first-order valence-electron chi connectivity index (χ1n) is 8.69. The number of fused-ring (bicyclic) bond motifs is 2. The monoisotopic (exact) mass is 364 g/mol. The summed E-state index contributed by atoms with van der Waals surface area (Å²) < 4.78 is 0. The number of phenols is 1. The van der Waals surface area contributed by atoms with Gasteiger partial charge in [-0.25, -0.2) is 0 Å². The number of rotatable bonds is 4. The molecular weight excluding hydrogens is 336 g/mol. The Bertz CT molecular complexity index is 577. The van der Waals surface area contributed by atoms with Crippen molar-refractivity contribution in [2.45, 2.75) is 65.7 Å². The molecule has 0 spiro atoms.